The molecule has 1 atom stereocenters. The normalized spacial score (nSPS) is 15.9. The van der Waals surface area contributed by atoms with Crippen molar-refractivity contribution in [1.82, 2.24) is 10.3 Å². The van der Waals surface area contributed by atoms with Gasteiger partial charge in [-0.05, 0) is 55.8 Å². The van der Waals surface area contributed by atoms with Crippen molar-refractivity contribution in [2.45, 2.75) is 25.1 Å². The number of carbonyl (C=O) groups is 2. The van der Waals surface area contributed by atoms with Crippen LogP contribution in [0, 0.1) is 0 Å². The second kappa shape index (κ2) is 9.62. The molecule has 1 aliphatic heterocycles. The Morgan fingerprint density at radius 2 is 2.00 bits per heavy atom. The largest absolute Gasteiger partial charge is 0.425 e. The van der Waals surface area contributed by atoms with Crippen LogP contribution in [0.1, 0.15) is 28.8 Å². The lowest BCUT2D eigenvalue weighted by Gasteiger charge is -2.13. The third kappa shape index (κ3) is 5.32. The lowest BCUT2D eigenvalue weighted by Crippen LogP contribution is -2.34. The molecule has 0 bridgehead atoms. The van der Waals surface area contributed by atoms with Crippen LogP contribution in [0.3, 0.4) is 0 Å². The van der Waals surface area contributed by atoms with Gasteiger partial charge in [-0.25, -0.2) is 9.78 Å². The maximum atomic E-state index is 12.9. The molecule has 0 radical (unpaired) electrons. The topological polar surface area (TPSA) is 80.3 Å². The molecule has 1 saturated heterocycles. The van der Waals surface area contributed by atoms with E-state index in [1.54, 1.807) is 0 Å². The van der Waals surface area contributed by atoms with Crippen LogP contribution in [0.4, 0.5) is 18.3 Å². The Morgan fingerprint density at radius 3 is 2.69 bits per heavy atom. The van der Waals surface area contributed by atoms with Crippen molar-refractivity contribution in [2.24, 2.45) is 0 Å². The van der Waals surface area contributed by atoms with Crippen LogP contribution in [-0.2, 0) is 11.0 Å². The monoisotopic (exact) mass is 505 g/mol. The first-order valence-electron chi connectivity index (χ1n) is 9.24. The second-order valence-electron chi connectivity index (χ2n) is 6.86. The van der Waals surface area contributed by atoms with E-state index in [2.05, 4.69) is 15.6 Å². The van der Waals surface area contributed by atoms with Crippen molar-refractivity contribution in [3.8, 4) is 5.75 Å². The highest BCUT2D eigenvalue weighted by atomic mass is 35.5. The standard InChI is InChI=1S/C20H15ClF3N3O3S.ClH/c21-11-4-6-15(30-18(29)14-2-1-7-25-14)12(9-11)17(28)27-19-26-13-5-3-10(20(22,23)24)8-16(13)31-19;/h3-6,8-9,14,25H,1-2,7H2,(H,26,27,28);1H/t14-;/m0./s1. The Hall–Kier alpha value is -2.40. The van der Waals surface area contributed by atoms with Crippen LogP contribution in [-0.4, -0.2) is 29.4 Å². The maximum Gasteiger partial charge on any atom is 0.416 e. The van der Waals surface area contributed by atoms with Crippen LogP contribution in [0.2, 0.25) is 5.02 Å². The Labute approximate surface area is 195 Å². The number of benzene rings is 2. The van der Waals surface area contributed by atoms with Gasteiger partial charge in [-0.3, -0.25) is 10.1 Å². The van der Waals surface area contributed by atoms with Crippen molar-refractivity contribution < 1.29 is 27.5 Å². The van der Waals surface area contributed by atoms with Crippen molar-refractivity contribution in [2.75, 3.05) is 11.9 Å². The predicted molar refractivity (Wildman–Crippen MR) is 118 cm³/mol. The number of halogens is 5. The molecule has 0 aliphatic carbocycles. The average Bonchev–Trinajstić information content (AvgIpc) is 3.37. The van der Waals surface area contributed by atoms with Gasteiger partial charge in [-0.1, -0.05) is 22.9 Å². The van der Waals surface area contributed by atoms with E-state index < -0.39 is 29.7 Å². The van der Waals surface area contributed by atoms with Crippen molar-refractivity contribution >= 4 is 62.6 Å². The van der Waals surface area contributed by atoms with Gasteiger partial charge in [0, 0.05) is 5.02 Å². The quantitative estimate of drug-likeness (QED) is 0.371. The number of rotatable bonds is 4. The lowest BCUT2D eigenvalue weighted by atomic mass is 10.2. The smallest absolute Gasteiger partial charge is 0.416 e. The van der Waals surface area contributed by atoms with E-state index in [1.165, 1.54) is 24.3 Å². The van der Waals surface area contributed by atoms with Crippen LogP contribution < -0.4 is 15.4 Å². The summed E-state index contributed by atoms with van der Waals surface area (Å²) in [7, 11) is 0. The molecule has 12 heteroatoms. The number of anilines is 1. The van der Waals surface area contributed by atoms with Crippen molar-refractivity contribution in [3.63, 3.8) is 0 Å². The number of hydrogen-bond donors (Lipinski definition) is 2. The highest BCUT2D eigenvalue weighted by Crippen LogP contribution is 2.34. The third-order valence-corrected chi connectivity index (χ3v) is 5.85. The molecule has 3 aromatic rings. The van der Waals surface area contributed by atoms with Crippen LogP contribution >= 0.6 is 35.3 Å². The molecule has 32 heavy (non-hydrogen) atoms. The van der Waals surface area contributed by atoms with Gasteiger partial charge >= 0.3 is 12.1 Å². The number of ether oxygens (including phenoxy) is 1. The number of aromatic nitrogens is 1. The first-order chi connectivity index (χ1) is 14.7. The van der Waals surface area contributed by atoms with Gasteiger partial charge in [0.05, 0.1) is 21.3 Å². The Kier molecular flexibility index (Phi) is 7.29. The summed E-state index contributed by atoms with van der Waals surface area (Å²) in [6.07, 6.45) is -2.99. The number of alkyl halides is 3. The minimum atomic E-state index is -4.48. The Bertz CT molecular complexity index is 1160. The second-order valence-corrected chi connectivity index (χ2v) is 8.33. The van der Waals surface area contributed by atoms with Gasteiger partial charge < -0.3 is 10.1 Å². The number of nitrogens with one attached hydrogen (secondary N) is 2. The van der Waals surface area contributed by atoms with Gasteiger partial charge in [0.2, 0.25) is 0 Å². The van der Waals surface area contributed by atoms with E-state index in [0.717, 1.165) is 29.9 Å². The summed E-state index contributed by atoms with van der Waals surface area (Å²) in [5.74, 6) is -1.13. The summed E-state index contributed by atoms with van der Waals surface area (Å²) in [6.45, 7) is 0.710. The predicted octanol–water partition coefficient (Wildman–Crippen LogP) is 5.30. The van der Waals surface area contributed by atoms with E-state index in [1.807, 2.05) is 0 Å². The summed E-state index contributed by atoms with van der Waals surface area (Å²) in [6, 6.07) is 6.95. The first kappa shape index (κ1) is 24.2. The number of hydrogen-bond acceptors (Lipinski definition) is 6. The third-order valence-electron chi connectivity index (χ3n) is 4.68. The molecule has 1 aliphatic rings. The van der Waals surface area contributed by atoms with Gasteiger partial charge in [-0.15, -0.1) is 12.4 Å². The van der Waals surface area contributed by atoms with Crippen molar-refractivity contribution in [3.05, 3.63) is 52.5 Å². The molecule has 1 aromatic heterocycles. The van der Waals surface area contributed by atoms with E-state index >= 15 is 0 Å². The molecule has 2 aromatic carbocycles. The molecular weight excluding hydrogens is 490 g/mol. The molecule has 2 heterocycles. The van der Waals surface area contributed by atoms with Gasteiger partial charge in [-0.2, -0.15) is 13.2 Å². The number of amides is 1. The zero-order valence-electron chi connectivity index (χ0n) is 16.2. The van der Waals surface area contributed by atoms with E-state index in [-0.39, 0.29) is 38.6 Å². The fourth-order valence-corrected chi connectivity index (χ4v) is 4.23. The summed E-state index contributed by atoms with van der Waals surface area (Å²) in [4.78, 5) is 29.3. The number of carbonyl (C=O) groups excluding carboxylic acids is 2. The number of nitrogens with zero attached hydrogens (tertiary/aromatic N) is 1. The van der Waals surface area contributed by atoms with E-state index in [4.69, 9.17) is 16.3 Å². The van der Waals surface area contributed by atoms with E-state index in [0.29, 0.717) is 18.5 Å². The fourth-order valence-electron chi connectivity index (χ4n) is 3.15. The molecule has 6 nitrogen and oxygen atoms in total. The molecule has 0 spiro atoms. The number of esters is 1. The zero-order valence-corrected chi connectivity index (χ0v) is 18.6. The fraction of sp³-hybridized carbons (Fsp3) is 0.250. The maximum absolute atomic E-state index is 12.9. The summed E-state index contributed by atoms with van der Waals surface area (Å²) >= 11 is 6.90. The summed E-state index contributed by atoms with van der Waals surface area (Å²) in [5.41, 5.74) is -0.474. The molecule has 0 unspecified atom stereocenters. The van der Waals surface area contributed by atoms with Crippen molar-refractivity contribution in [1.29, 1.82) is 0 Å². The molecule has 0 saturated carbocycles. The van der Waals surface area contributed by atoms with Crippen LogP contribution in [0.5, 0.6) is 5.75 Å². The first-order valence-corrected chi connectivity index (χ1v) is 10.4. The van der Waals surface area contributed by atoms with Crippen LogP contribution in [0.25, 0.3) is 10.2 Å². The highest BCUT2D eigenvalue weighted by molar-refractivity contribution is 7.22. The molecule has 4 rings (SSSR count). The SMILES string of the molecule is Cl.O=C(Nc1nc2ccc(C(F)(F)F)cc2s1)c1cc(Cl)ccc1OC(=O)[C@@H]1CCCN1. The van der Waals surface area contributed by atoms with Gasteiger partial charge in [0.25, 0.3) is 5.91 Å². The number of thiazole rings is 1. The molecular formula is C20H16Cl2F3N3O3S. The molecule has 1 amide bonds. The Balaban J connectivity index is 0.00000289. The Morgan fingerprint density at radius 1 is 1.22 bits per heavy atom. The number of fused-ring (bicyclic) bond motifs is 1. The molecule has 2 N–H and O–H groups in total. The minimum Gasteiger partial charge on any atom is -0.425 e. The highest BCUT2D eigenvalue weighted by Gasteiger charge is 2.31. The zero-order chi connectivity index (χ0) is 22.2. The lowest BCUT2D eigenvalue weighted by molar-refractivity contribution is -0.137. The van der Waals surface area contributed by atoms with Gasteiger partial charge in [0.15, 0.2) is 5.13 Å². The average molecular weight is 506 g/mol. The summed E-state index contributed by atoms with van der Waals surface area (Å²) < 4.78 is 44.4. The molecule has 1 fully saturated rings. The van der Waals surface area contributed by atoms with Crippen LogP contribution in [0.15, 0.2) is 36.4 Å². The van der Waals surface area contributed by atoms with E-state index in [9.17, 15) is 22.8 Å². The summed E-state index contributed by atoms with van der Waals surface area (Å²) in [5, 5.41) is 5.91. The van der Waals surface area contributed by atoms with Gasteiger partial charge in [0.1, 0.15) is 11.8 Å². The molecule has 170 valence electrons. The minimum absolute atomic E-state index is 0.